The van der Waals surface area contributed by atoms with E-state index in [0.717, 1.165) is 38.8 Å². The summed E-state index contributed by atoms with van der Waals surface area (Å²) in [6, 6.07) is 0. The molecule has 0 aromatic rings. The molecule has 1 aliphatic heterocycles. The molecular formula is C12H26N2O2S. The molecule has 102 valence electrons. The highest BCUT2D eigenvalue weighted by Crippen LogP contribution is 2.12. The number of hydrogen-bond donors (Lipinski definition) is 2. The van der Waals surface area contributed by atoms with Crippen LogP contribution < -0.4 is 10.0 Å². The Hall–Kier alpha value is -0.130. The number of hydrogen-bond acceptors (Lipinski definition) is 3. The lowest BCUT2D eigenvalue weighted by Gasteiger charge is -2.23. The zero-order valence-corrected chi connectivity index (χ0v) is 11.9. The predicted octanol–water partition coefficient (Wildman–Crippen LogP) is 1.34. The number of sulfonamides is 1. The van der Waals surface area contributed by atoms with Gasteiger partial charge in [0.25, 0.3) is 0 Å². The molecule has 1 saturated heterocycles. The van der Waals surface area contributed by atoms with E-state index in [2.05, 4.69) is 23.9 Å². The zero-order valence-electron chi connectivity index (χ0n) is 11.0. The Balaban J connectivity index is 2.34. The lowest BCUT2D eigenvalue weighted by atomic mass is 10.0. The second-order valence-electron chi connectivity index (χ2n) is 5.02. The third kappa shape index (κ3) is 5.84. The van der Waals surface area contributed by atoms with E-state index in [1.54, 1.807) is 0 Å². The minimum atomic E-state index is -3.09. The van der Waals surface area contributed by atoms with Crippen LogP contribution in [-0.2, 0) is 10.0 Å². The lowest BCUT2D eigenvalue weighted by molar-refractivity contribution is 0.401. The first-order chi connectivity index (χ1) is 8.07. The summed E-state index contributed by atoms with van der Waals surface area (Å²) in [6.45, 7) is 6.67. The average Bonchev–Trinajstić information content (AvgIpc) is 2.31. The Morgan fingerprint density at radius 1 is 1.35 bits per heavy atom. The number of nitrogens with one attached hydrogen (secondary N) is 2. The molecule has 1 unspecified atom stereocenters. The molecule has 0 bridgehead atoms. The molecule has 1 heterocycles. The van der Waals surface area contributed by atoms with Gasteiger partial charge in [0.05, 0.1) is 5.75 Å². The van der Waals surface area contributed by atoms with Crippen molar-refractivity contribution < 1.29 is 8.42 Å². The molecule has 1 fully saturated rings. The first-order valence-electron chi connectivity index (χ1n) is 6.75. The maximum Gasteiger partial charge on any atom is 0.211 e. The minimum Gasteiger partial charge on any atom is -0.316 e. The second-order valence-corrected chi connectivity index (χ2v) is 6.88. The summed E-state index contributed by atoms with van der Waals surface area (Å²) in [4.78, 5) is 0. The second kappa shape index (κ2) is 7.34. The molecule has 17 heavy (non-hydrogen) atoms. The SMILES string of the molecule is CCC(CC)CNS(=O)(=O)CC1CCCNC1. The molecule has 1 atom stereocenters. The standard InChI is InChI=1S/C12H26N2O2S/c1-3-11(4-2)9-14-17(15,16)10-12-6-5-7-13-8-12/h11-14H,3-10H2,1-2H3. The van der Waals surface area contributed by atoms with Crippen LogP contribution in [0.3, 0.4) is 0 Å². The van der Waals surface area contributed by atoms with Gasteiger partial charge in [0.1, 0.15) is 0 Å². The van der Waals surface area contributed by atoms with Crippen LogP contribution in [0.25, 0.3) is 0 Å². The van der Waals surface area contributed by atoms with Crippen molar-refractivity contribution in [2.24, 2.45) is 11.8 Å². The minimum absolute atomic E-state index is 0.278. The fraction of sp³-hybridized carbons (Fsp3) is 1.00. The van der Waals surface area contributed by atoms with Crippen LogP contribution >= 0.6 is 0 Å². The van der Waals surface area contributed by atoms with Gasteiger partial charge in [-0.25, -0.2) is 13.1 Å². The third-order valence-electron chi connectivity index (χ3n) is 3.60. The first kappa shape index (κ1) is 14.9. The molecule has 1 rings (SSSR count). The van der Waals surface area contributed by atoms with Gasteiger partial charge in [-0.1, -0.05) is 26.7 Å². The molecule has 2 N–H and O–H groups in total. The van der Waals surface area contributed by atoms with E-state index in [9.17, 15) is 8.42 Å². The lowest BCUT2D eigenvalue weighted by Crippen LogP contribution is -2.38. The molecule has 0 amide bonds. The van der Waals surface area contributed by atoms with Gasteiger partial charge < -0.3 is 5.32 Å². The molecule has 4 nitrogen and oxygen atoms in total. The van der Waals surface area contributed by atoms with Gasteiger partial charge in [-0.3, -0.25) is 0 Å². The molecule has 0 aliphatic carbocycles. The van der Waals surface area contributed by atoms with Crippen molar-refractivity contribution in [2.45, 2.75) is 39.5 Å². The van der Waals surface area contributed by atoms with Crippen LogP contribution in [-0.4, -0.2) is 33.8 Å². The summed E-state index contributed by atoms with van der Waals surface area (Å²) in [5, 5.41) is 3.25. The van der Waals surface area contributed by atoms with Crippen molar-refractivity contribution in [3.05, 3.63) is 0 Å². The van der Waals surface area contributed by atoms with Gasteiger partial charge >= 0.3 is 0 Å². The van der Waals surface area contributed by atoms with Crippen molar-refractivity contribution in [3.8, 4) is 0 Å². The fourth-order valence-electron chi connectivity index (χ4n) is 2.26. The molecule has 1 aliphatic rings. The van der Waals surface area contributed by atoms with Gasteiger partial charge in [-0.2, -0.15) is 0 Å². The smallest absolute Gasteiger partial charge is 0.211 e. The van der Waals surface area contributed by atoms with E-state index in [4.69, 9.17) is 0 Å². The van der Waals surface area contributed by atoms with Crippen molar-refractivity contribution >= 4 is 10.0 Å². The quantitative estimate of drug-likeness (QED) is 0.728. The third-order valence-corrected chi connectivity index (χ3v) is 5.12. The Kier molecular flexibility index (Phi) is 6.44. The highest BCUT2D eigenvalue weighted by Gasteiger charge is 2.21. The number of piperidine rings is 1. The van der Waals surface area contributed by atoms with Gasteiger partial charge in [0.2, 0.25) is 10.0 Å². The van der Waals surface area contributed by atoms with Gasteiger partial charge in [-0.05, 0) is 37.8 Å². The Labute approximate surface area is 106 Å². The highest BCUT2D eigenvalue weighted by atomic mass is 32.2. The molecule has 5 heteroatoms. The van der Waals surface area contributed by atoms with Gasteiger partial charge in [-0.15, -0.1) is 0 Å². The number of rotatable bonds is 7. The first-order valence-corrected chi connectivity index (χ1v) is 8.40. The summed E-state index contributed by atoms with van der Waals surface area (Å²) in [6.07, 6.45) is 4.18. The maximum atomic E-state index is 11.9. The van der Waals surface area contributed by atoms with Crippen LogP contribution in [0, 0.1) is 11.8 Å². The van der Waals surface area contributed by atoms with Gasteiger partial charge in [0, 0.05) is 6.54 Å². The van der Waals surface area contributed by atoms with E-state index in [1.165, 1.54) is 0 Å². The largest absolute Gasteiger partial charge is 0.316 e. The monoisotopic (exact) mass is 262 g/mol. The molecule has 0 radical (unpaired) electrons. The summed E-state index contributed by atoms with van der Waals surface area (Å²) in [7, 11) is -3.09. The van der Waals surface area contributed by atoms with Gasteiger partial charge in [0.15, 0.2) is 0 Å². The summed E-state index contributed by atoms with van der Waals surface area (Å²) >= 11 is 0. The van der Waals surface area contributed by atoms with Crippen molar-refractivity contribution in [1.29, 1.82) is 0 Å². The summed E-state index contributed by atoms with van der Waals surface area (Å²) < 4.78 is 26.5. The van der Waals surface area contributed by atoms with Crippen LogP contribution in [0.5, 0.6) is 0 Å². The van der Waals surface area contributed by atoms with Crippen LogP contribution in [0.2, 0.25) is 0 Å². The summed E-state index contributed by atoms with van der Waals surface area (Å²) in [5.41, 5.74) is 0. The predicted molar refractivity (Wildman–Crippen MR) is 71.5 cm³/mol. The van der Waals surface area contributed by atoms with Crippen LogP contribution in [0.1, 0.15) is 39.5 Å². The molecule has 0 aromatic carbocycles. The molecule has 0 saturated carbocycles. The van der Waals surface area contributed by atoms with E-state index < -0.39 is 10.0 Å². The van der Waals surface area contributed by atoms with E-state index in [0.29, 0.717) is 12.5 Å². The van der Waals surface area contributed by atoms with Crippen LogP contribution in [0.4, 0.5) is 0 Å². The Morgan fingerprint density at radius 3 is 2.59 bits per heavy atom. The Morgan fingerprint density at radius 2 is 2.06 bits per heavy atom. The summed E-state index contributed by atoms with van der Waals surface area (Å²) in [5.74, 6) is 1.03. The topological polar surface area (TPSA) is 58.2 Å². The van der Waals surface area contributed by atoms with E-state index >= 15 is 0 Å². The zero-order chi connectivity index (χ0) is 12.7. The maximum absolute atomic E-state index is 11.9. The average molecular weight is 262 g/mol. The van der Waals surface area contributed by atoms with Crippen molar-refractivity contribution in [2.75, 3.05) is 25.4 Å². The highest BCUT2D eigenvalue weighted by molar-refractivity contribution is 7.89. The van der Waals surface area contributed by atoms with Crippen molar-refractivity contribution in [1.82, 2.24) is 10.0 Å². The Bertz CT molecular complexity index is 294. The van der Waals surface area contributed by atoms with E-state index in [1.807, 2.05) is 0 Å². The van der Waals surface area contributed by atoms with E-state index in [-0.39, 0.29) is 11.7 Å². The molecule has 0 spiro atoms. The molecule has 0 aromatic heterocycles. The van der Waals surface area contributed by atoms with Crippen LogP contribution in [0.15, 0.2) is 0 Å². The fourth-order valence-corrected chi connectivity index (χ4v) is 3.77. The van der Waals surface area contributed by atoms with Crippen molar-refractivity contribution in [3.63, 3.8) is 0 Å². The normalized spacial score (nSPS) is 21.9. The molecular weight excluding hydrogens is 236 g/mol.